The van der Waals surface area contributed by atoms with Crippen LogP contribution in [0.4, 0.5) is 0 Å². The van der Waals surface area contributed by atoms with Crippen LogP contribution >= 0.6 is 27.5 Å². The van der Waals surface area contributed by atoms with Crippen LogP contribution in [0.5, 0.6) is 11.6 Å². The molecule has 4 rings (SSSR count). The molecule has 1 aromatic carbocycles. The number of ether oxygens (including phenoxy) is 6. The van der Waals surface area contributed by atoms with Gasteiger partial charge in [0.25, 0.3) is 11.8 Å². The van der Waals surface area contributed by atoms with Gasteiger partial charge in [0.15, 0.2) is 0 Å². The molecule has 1 N–H and O–H groups in total. The van der Waals surface area contributed by atoms with Crippen LogP contribution in [-0.4, -0.2) is 106 Å². The van der Waals surface area contributed by atoms with Crippen LogP contribution in [0, 0.1) is 0 Å². The Morgan fingerprint density at radius 3 is 2.00 bits per heavy atom. The van der Waals surface area contributed by atoms with Gasteiger partial charge in [-0.3, -0.25) is 29.4 Å². The second-order valence-electron chi connectivity index (χ2n) is 9.24. The van der Waals surface area contributed by atoms with Crippen molar-refractivity contribution in [3.63, 3.8) is 0 Å². The maximum Gasteiger partial charge on any atom is 0.262 e. The molecule has 1 saturated heterocycles. The van der Waals surface area contributed by atoms with E-state index >= 15 is 0 Å². The quantitative estimate of drug-likeness (QED) is 0.182. The van der Waals surface area contributed by atoms with Gasteiger partial charge >= 0.3 is 0 Å². The first-order valence-corrected chi connectivity index (χ1v) is 14.8. The largest absolute Gasteiger partial charge is 0.491 e. The van der Waals surface area contributed by atoms with Gasteiger partial charge in [0.1, 0.15) is 30.0 Å². The molecule has 2 aromatic rings. The van der Waals surface area contributed by atoms with Gasteiger partial charge in [-0.15, -0.1) is 0 Å². The Morgan fingerprint density at radius 1 is 0.814 bits per heavy atom. The van der Waals surface area contributed by atoms with E-state index in [4.69, 9.17) is 40.0 Å². The number of imide groups is 2. The van der Waals surface area contributed by atoms with E-state index in [0.29, 0.717) is 69.5 Å². The minimum Gasteiger partial charge on any atom is -0.491 e. The SMILES string of the molecule is O=C1CCC(N2C(=O)c3ccc(OCCOCCOCCOCCOCCOc4ncc(Br)cc4Cl)cc3C2=O)C(=O)N1. The fraction of sp³-hybridized carbons (Fsp3) is 0.464. The Balaban J connectivity index is 0.990. The molecule has 1 unspecified atom stereocenters. The van der Waals surface area contributed by atoms with E-state index < -0.39 is 29.7 Å². The lowest BCUT2D eigenvalue weighted by atomic mass is 10.0. The number of fused-ring (bicyclic) bond motifs is 1. The minimum atomic E-state index is -1.01. The molecule has 3 heterocycles. The highest BCUT2D eigenvalue weighted by Gasteiger charge is 2.44. The van der Waals surface area contributed by atoms with Crippen LogP contribution in [0.2, 0.25) is 5.02 Å². The van der Waals surface area contributed by atoms with Crippen molar-refractivity contribution in [2.45, 2.75) is 18.9 Å². The Morgan fingerprint density at radius 2 is 1.40 bits per heavy atom. The van der Waals surface area contributed by atoms with Crippen molar-refractivity contribution >= 4 is 51.2 Å². The molecule has 0 aliphatic carbocycles. The molecule has 15 heteroatoms. The third-order valence-corrected chi connectivity index (χ3v) is 6.97. The van der Waals surface area contributed by atoms with E-state index in [1.54, 1.807) is 18.3 Å². The van der Waals surface area contributed by atoms with Gasteiger partial charge in [-0.25, -0.2) is 4.98 Å². The summed E-state index contributed by atoms with van der Waals surface area (Å²) in [6, 6.07) is 5.24. The molecule has 1 aromatic heterocycles. The van der Waals surface area contributed by atoms with E-state index in [-0.39, 0.29) is 37.2 Å². The number of benzene rings is 1. The van der Waals surface area contributed by atoms with Crippen molar-refractivity contribution in [2.75, 3.05) is 66.1 Å². The van der Waals surface area contributed by atoms with E-state index in [1.807, 2.05) is 0 Å². The monoisotopic (exact) mass is 683 g/mol. The van der Waals surface area contributed by atoms with Crippen molar-refractivity contribution in [1.29, 1.82) is 0 Å². The molecular weight excluding hydrogens is 654 g/mol. The predicted octanol–water partition coefficient (Wildman–Crippen LogP) is 2.42. The molecule has 13 nitrogen and oxygen atoms in total. The summed E-state index contributed by atoms with van der Waals surface area (Å²) in [5, 5.41) is 2.60. The average molecular weight is 685 g/mol. The van der Waals surface area contributed by atoms with Gasteiger partial charge in [-0.2, -0.15) is 0 Å². The lowest BCUT2D eigenvalue weighted by Crippen LogP contribution is -2.54. The molecule has 0 bridgehead atoms. The Bertz CT molecular complexity index is 1310. The second-order valence-corrected chi connectivity index (χ2v) is 10.6. The van der Waals surface area contributed by atoms with Gasteiger partial charge in [0, 0.05) is 17.1 Å². The summed E-state index contributed by atoms with van der Waals surface area (Å²) in [5.74, 6) is -1.47. The second kappa shape index (κ2) is 16.6. The number of pyridine rings is 1. The number of hydrogen-bond donors (Lipinski definition) is 1. The zero-order valence-electron chi connectivity index (χ0n) is 23.2. The Kier molecular flexibility index (Phi) is 12.7. The van der Waals surface area contributed by atoms with Gasteiger partial charge in [0.05, 0.1) is 64.0 Å². The van der Waals surface area contributed by atoms with Crippen LogP contribution in [0.3, 0.4) is 0 Å². The normalized spacial score (nSPS) is 16.4. The highest BCUT2D eigenvalue weighted by Crippen LogP contribution is 2.30. The molecule has 0 saturated carbocycles. The molecule has 4 amide bonds. The number of amides is 4. The Hall–Kier alpha value is -3.14. The van der Waals surface area contributed by atoms with Crippen molar-refractivity contribution in [3.05, 3.63) is 51.1 Å². The predicted molar refractivity (Wildman–Crippen MR) is 154 cm³/mol. The number of hydrogen-bond acceptors (Lipinski definition) is 11. The lowest BCUT2D eigenvalue weighted by molar-refractivity contribution is -0.136. The first-order valence-electron chi connectivity index (χ1n) is 13.6. The number of halogens is 2. The summed E-state index contributed by atoms with van der Waals surface area (Å²) < 4.78 is 33.7. The van der Waals surface area contributed by atoms with Gasteiger partial charge in [-0.1, -0.05) is 11.6 Å². The maximum atomic E-state index is 12.9. The van der Waals surface area contributed by atoms with Gasteiger partial charge in [-0.05, 0) is 46.6 Å². The van der Waals surface area contributed by atoms with Crippen LogP contribution in [0.15, 0.2) is 34.9 Å². The number of carbonyl (C=O) groups is 4. The summed E-state index contributed by atoms with van der Waals surface area (Å²) in [6.45, 7) is 3.63. The third kappa shape index (κ3) is 9.42. The Labute approximate surface area is 261 Å². The molecule has 0 spiro atoms. The minimum absolute atomic E-state index is 0.0630. The molecule has 1 fully saturated rings. The third-order valence-electron chi connectivity index (χ3n) is 6.26. The number of rotatable bonds is 18. The summed E-state index contributed by atoms with van der Waals surface area (Å²) in [7, 11) is 0. The summed E-state index contributed by atoms with van der Waals surface area (Å²) in [6.07, 6.45) is 1.77. The van der Waals surface area contributed by atoms with Crippen LogP contribution < -0.4 is 14.8 Å². The molecule has 232 valence electrons. The van der Waals surface area contributed by atoms with Gasteiger partial charge in [0.2, 0.25) is 17.7 Å². The number of nitrogens with zero attached hydrogens (tertiary/aromatic N) is 2. The number of nitrogens with one attached hydrogen (secondary N) is 1. The molecule has 2 aliphatic rings. The number of carbonyl (C=O) groups excluding carboxylic acids is 4. The van der Waals surface area contributed by atoms with E-state index in [2.05, 4.69) is 26.2 Å². The topological polar surface area (TPSA) is 152 Å². The van der Waals surface area contributed by atoms with Crippen LogP contribution in [-0.2, 0) is 28.5 Å². The first kappa shape index (κ1) is 32.8. The molecular formula is C28H31BrClN3O10. The standard InChI is InChI=1S/C28H31BrClN3O10/c29-18-15-22(30)26(31-17-18)43-14-12-41-10-8-39-6-5-38-7-9-40-11-13-42-19-1-2-20-21(16-19)28(37)33(27(20)36)23-3-4-24(34)32-25(23)35/h1-2,15-17,23H,3-14H2,(H,32,34,35). The number of aromatic nitrogens is 1. The zero-order chi connectivity index (χ0) is 30.6. The average Bonchev–Trinajstić information content (AvgIpc) is 3.22. The molecule has 1 atom stereocenters. The van der Waals surface area contributed by atoms with Crippen molar-refractivity contribution < 1.29 is 47.6 Å². The van der Waals surface area contributed by atoms with Crippen LogP contribution in [0.25, 0.3) is 0 Å². The van der Waals surface area contributed by atoms with Gasteiger partial charge < -0.3 is 28.4 Å². The van der Waals surface area contributed by atoms with Crippen molar-refractivity contribution in [1.82, 2.24) is 15.2 Å². The zero-order valence-corrected chi connectivity index (χ0v) is 25.5. The summed E-state index contributed by atoms with van der Waals surface area (Å²) in [5.41, 5.74) is 0.349. The van der Waals surface area contributed by atoms with Crippen LogP contribution in [0.1, 0.15) is 33.6 Å². The highest BCUT2D eigenvalue weighted by atomic mass is 79.9. The first-order chi connectivity index (χ1) is 20.8. The van der Waals surface area contributed by atoms with E-state index in [0.717, 1.165) is 9.37 Å². The smallest absolute Gasteiger partial charge is 0.262 e. The fourth-order valence-electron chi connectivity index (χ4n) is 4.23. The highest BCUT2D eigenvalue weighted by molar-refractivity contribution is 9.10. The van der Waals surface area contributed by atoms with Crippen molar-refractivity contribution in [3.8, 4) is 11.6 Å². The molecule has 43 heavy (non-hydrogen) atoms. The maximum absolute atomic E-state index is 12.9. The lowest BCUT2D eigenvalue weighted by Gasteiger charge is -2.27. The summed E-state index contributed by atoms with van der Waals surface area (Å²) >= 11 is 9.32. The number of piperidine rings is 1. The molecule has 2 aliphatic heterocycles. The fourth-order valence-corrected chi connectivity index (χ4v) is 4.91. The van der Waals surface area contributed by atoms with E-state index in [1.165, 1.54) is 12.1 Å². The molecule has 0 radical (unpaired) electrons. The summed E-state index contributed by atoms with van der Waals surface area (Å²) in [4.78, 5) is 54.2. The van der Waals surface area contributed by atoms with E-state index in [9.17, 15) is 19.2 Å². The van der Waals surface area contributed by atoms with Crippen molar-refractivity contribution in [2.24, 2.45) is 0 Å².